The van der Waals surface area contributed by atoms with E-state index in [0.29, 0.717) is 5.41 Å². The van der Waals surface area contributed by atoms with Crippen LogP contribution in [0, 0.1) is 31.6 Å². The van der Waals surface area contributed by atoms with Gasteiger partial charge in [0.1, 0.15) is 5.58 Å². The summed E-state index contributed by atoms with van der Waals surface area (Å²) >= 11 is 0. The van der Waals surface area contributed by atoms with Crippen LogP contribution in [-0.2, 0) is 5.41 Å². The number of hydrogen-bond acceptors (Lipinski definition) is 2. The third-order valence-corrected chi connectivity index (χ3v) is 14.5. The first-order valence-electron chi connectivity index (χ1n) is 21.0. The number of para-hydroxylation sites is 1. The summed E-state index contributed by atoms with van der Waals surface area (Å²) in [6.45, 7) is 4.50. The first-order valence-corrected chi connectivity index (χ1v) is 21.0. The number of anilines is 3. The van der Waals surface area contributed by atoms with Gasteiger partial charge in [0.05, 0.1) is 11.4 Å². The molecular weight excluding hydrogens is 691 g/mol. The van der Waals surface area contributed by atoms with E-state index in [-0.39, 0.29) is 0 Å². The van der Waals surface area contributed by atoms with E-state index in [1.165, 1.54) is 92.4 Å². The molecule has 1 heterocycles. The number of fused-ring (bicyclic) bond motifs is 5. The molecule has 2 nitrogen and oxygen atoms in total. The maximum atomic E-state index is 7.00. The van der Waals surface area contributed by atoms with Crippen LogP contribution in [0.15, 0.2) is 162 Å². The van der Waals surface area contributed by atoms with E-state index < -0.39 is 0 Å². The fourth-order valence-corrected chi connectivity index (χ4v) is 12.2. The average Bonchev–Trinajstić information content (AvgIpc) is 3.85. The van der Waals surface area contributed by atoms with E-state index in [0.717, 1.165) is 51.4 Å². The molecule has 0 saturated heterocycles. The van der Waals surface area contributed by atoms with Crippen LogP contribution in [0.4, 0.5) is 17.1 Å². The van der Waals surface area contributed by atoms with Crippen molar-refractivity contribution in [2.24, 2.45) is 17.8 Å². The van der Waals surface area contributed by atoms with E-state index in [4.69, 9.17) is 4.42 Å². The van der Waals surface area contributed by atoms with Crippen molar-refractivity contribution in [1.82, 2.24) is 0 Å². The van der Waals surface area contributed by atoms with Crippen molar-refractivity contribution in [3.05, 3.63) is 174 Å². The molecule has 2 unspecified atom stereocenters. The Bertz CT molecular complexity index is 3040. The molecule has 4 aliphatic rings. The number of furan rings is 1. The molecule has 0 radical (unpaired) electrons. The van der Waals surface area contributed by atoms with Gasteiger partial charge in [0.15, 0.2) is 5.58 Å². The summed E-state index contributed by atoms with van der Waals surface area (Å²) in [6, 6.07) is 58.7. The average molecular weight is 736 g/mol. The van der Waals surface area contributed by atoms with E-state index in [1.807, 2.05) is 0 Å². The van der Waals surface area contributed by atoms with Crippen molar-refractivity contribution in [1.29, 1.82) is 0 Å². The van der Waals surface area contributed by atoms with Gasteiger partial charge >= 0.3 is 0 Å². The number of benzene rings is 8. The fourth-order valence-electron chi connectivity index (χ4n) is 12.2. The van der Waals surface area contributed by atoms with Crippen LogP contribution < -0.4 is 4.90 Å². The molecule has 13 rings (SSSR count). The summed E-state index contributed by atoms with van der Waals surface area (Å²) in [7, 11) is 0. The van der Waals surface area contributed by atoms with Crippen LogP contribution in [0.2, 0.25) is 0 Å². The molecule has 276 valence electrons. The summed E-state index contributed by atoms with van der Waals surface area (Å²) in [6.07, 6.45) is 7.04. The third kappa shape index (κ3) is 4.89. The topological polar surface area (TPSA) is 16.4 Å². The minimum Gasteiger partial charge on any atom is -0.454 e. The predicted octanol–water partition coefficient (Wildman–Crippen LogP) is 15.4. The summed E-state index contributed by atoms with van der Waals surface area (Å²) in [5, 5.41) is 7.29. The Hall–Kier alpha value is -6.12. The summed E-state index contributed by atoms with van der Waals surface area (Å²) < 4.78 is 7.00. The van der Waals surface area contributed by atoms with E-state index in [9.17, 15) is 0 Å². The van der Waals surface area contributed by atoms with Gasteiger partial charge in [-0.3, -0.25) is 0 Å². The second kappa shape index (κ2) is 12.4. The van der Waals surface area contributed by atoms with Crippen molar-refractivity contribution >= 4 is 60.5 Å². The fraction of sp³-hybridized carbons (Fsp3) is 0.200. The van der Waals surface area contributed by atoms with Gasteiger partial charge in [0.25, 0.3) is 0 Å². The molecule has 0 aliphatic heterocycles. The molecular formula is C55H45NO. The quantitative estimate of drug-likeness (QED) is 0.169. The normalized spacial score (nSPS) is 21.1. The second-order valence-corrected chi connectivity index (χ2v) is 17.5. The largest absolute Gasteiger partial charge is 0.454 e. The second-order valence-electron chi connectivity index (χ2n) is 17.5. The number of nitrogens with zero attached hydrogens (tertiary/aromatic N) is 1. The maximum Gasteiger partial charge on any atom is 0.159 e. The Balaban J connectivity index is 1.13. The standard InChI is InChI=1S/C55H45NO/c1-34-12-3-5-15-42(34)49-31-51(54-53(35(49)2)48-19-9-10-21-52(48)57-54)56(41-24-22-39(23-25-41)55-32-36-28-37(33-55)30-40(55)29-36)50-27-26-46(45-17-7-8-18-47(45)50)44-20-11-14-38-13-4-6-16-43(38)44/h3-27,31,36-37,40H,28-30,32-33H2,1-2H3. The molecule has 4 fully saturated rings. The van der Waals surface area contributed by atoms with Gasteiger partial charge in [-0.2, -0.15) is 0 Å². The highest BCUT2D eigenvalue weighted by Crippen LogP contribution is 2.66. The van der Waals surface area contributed by atoms with Gasteiger partial charge in [0.2, 0.25) is 0 Å². The van der Waals surface area contributed by atoms with E-state index in [1.54, 1.807) is 5.56 Å². The predicted molar refractivity (Wildman–Crippen MR) is 239 cm³/mol. The highest BCUT2D eigenvalue weighted by Gasteiger charge is 2.58. The monoisotopic (exact) mass is 735 g/mol. The molecule has 4 aliphatic carbocycles. The van der Waals surface area contributed by atoms with Crippen molar-refractivity contribution in [2.45, 2.75) is 51.4 Å². The van der Waals surface area contributed by atoms with Gasteiger partial charge in [0, 0.05) is 21.8 Å². The zero-order valence-corrected chi connectivity index (χ0v) is 32.6. The first-order chi connectivity index (χ1) is 28.0. The highest BCUT2D eigenvalue weighted by atomic mass is 16.3. The Labute approximate surface area is 334 Å². The molecule has 0 N–H and O–H groups in total. The molecule has 4 bridgehead atoms. The molecule has 9 aromatic rings. The molecule has 2 atom stereocenters. The van der Waals surface area contributed by atoms with Crippen molar-refractivity contribution < 1.29 is 4.42 Å². The van der Waals surface area contributed by atoms with Crippen LogP contribution in [0.25, 0.3) is 65.7 Å². The molecule has 2 heteroatoms. The zero-order chi connectivity index (χ0) is 37.8. The minimum absolute atomic E-state index is 0.359. The lowest BCUT2D eigenvalue weighted by molar-refractivity contribution is 0.266. The molecule has 57 heavy (non-hydrogen) atoms. The van der Waals surface area contributed by atoms with Gasteiger partial charge in [-0.1, -0.05) is 127 Å². The lowest BCUT2D eigenvalue weighted by Crippen LogP contribution is -2.27. The lowest BCUT2D eigenvalue weighted by atomic mass is 9.71. The van der Waals surface area contributed by atoms with Crippen LogP contribution in [0.1, 0.15) is 48.8 Å². The summed E-state index contributed by atoms with van der Waals surface area (Å²) in [5.74, 6) is 2.68. The summed E-state index contributed by atoms with van der Waals surface area (Å²) in [4.78, 5) is 2.50. The van der Waals surface area contributed by atoms with Crippen LogP contribution in [0.3, 0.4) is 0 Å². The lowest BCUT2D eigenvalue weighted by Gasteiger charge is -2.34. The Morgan fingerprint density at radius 3 is 1.98 bits per heavy atom. The van der Waals surface area contributed by atoms with Crippen molar-refractivity contribution in [3.8, 4) is 22.3 Å². The molecule has 8 aromatic carbocycles. The van der Waals surface area contributed by atoms with Gasteiger partial charge in [-0.05, 0) is 155 Å². The van der Waals surface area contributed by atoms with Gasteiger partial charge < -0.3 is 9.32 Å². The Kier molecular flexibility index (Phi) is 7.21. The first kappa shape index (κ1) is 33.1. The zero-order valence-electron chi connectivity index (χ0n) is 32.6. The number of rotatable bonds is 6. The number of hydrogen-bond donors (Lipinski definition) is 0. The van der Waals surface area contributed by atoms with Crippen molar-refractivity contribution in [3.63, 3.8) is 0 Å². The highest BCUT2D eigenvalue weighted by molar-refractivity contribution is 6.16. The van der Waals surface area contributed by atoms with Gasteiger partial charge in [-0.15, -0.1) is 0 Å². The minimum atomic E-state index is 0.359. The van der Waals surface area contributed by atoms with E-state index >= 15 is 0 Å². The Morgan fingerprint density at radius 2 is 1.18 bits per heavy atom. The Morgan fingerprint density at radius 1 is 0.526 bits per heavy atom. The molecule has 0 amide bonds. The third-order valence-electron chi connectivity index (χ3n) is 14.5. The van der Waals surface area contributed by atoms with Crippen molar-refractivity contribution in [2.75, 3.05) is 4.90 Å². The van der Waals surface area contributed by atoms with Crippen LogP contribution in [-0.4, -0.2) is 0 Å². The molecule has 4 saturated carbocycles. The molecule has 0 spiro atoms. The smallest absolute Gasteiger partial charge is 0.159 e. The van der Waals surface area contributed by atoms with Gasteiger partial charge in [-0.25, -0.2) is 0 Å². The SMILES string of the molecule is Cc1ccccc1-c1cc(N(c2ccc(C34CC5CC(CC3C5)C4)cc2)c2ccc(-c3cccc4ccccc34)c3ccccc23)c2oc3ccccc3c2c1C. The summed E-state index contributed by atoms with van der Waals surface area (Å²) in [5.41, 5.74) is 14.6. The number of aryl methyl sites for hydroxylation is 2. The van der Waals surface area contributed by atoms with Crippen LogP contribution >= 0.6 is 0 Å². The van der Waals surface area contributed by atoms with E-state index in [2.05, 4.69) is 176 Å². The molecule has 1 aromatic heterocycles. The van der Waals surface area contributed by atoms with Crippen LogP contribution in [0.5, 0.6) is 0 Å². The maximum absolute atomic E-state index is 7.00.